The number of carbonyl (C=O) groups is 2. The average molecular weight is 465 g/mol. The largest absolute Gasteiger partial charge is 0.346 e. The van der Waals surface area contributed by atoms with Crippen LogP contribution in [-0.2, 0) is 13.1 Å². The van der Waals surface area contributed by atoms with Crippen molar-refractivity contribution < 1.29 is 9.59 Å². The van der Waals surface area contributed by atoms with E-state index in [1.807, 2.05) is 41.8 Å². The van der Waals surface area contributed by atoms with Crippen LogP contribution in [-0.4, -0.2) is 44.1 Å². The zero-order valence-corrected chi connectivity index (χ0v) is 19.0. The number of likely N-dealkylation sites (tertiary alicyclic amines) is 1. The van der Waals surface area contributed by atoms with Gasteiger partial charge in [-0.3, -0.25) is 14.9 Å². The van der Waals surface area contributed by atoms with Crippen LogP contribution in [0.5, 0.6) is 0 Å². The maximum atomic E-state index is 13.0. The number of hydrogen-bond donors (Lipinski definition) is 2. The Morgan fingerprint density at radius 2 is 2.00 bits per heavy atom. The number of hydrogen-bond acceptors (Lipinski definition) is 6. The van der Waals surface area contributed by atoms with Gasteiger partial charge in [0.15, 0.2) is 10.7 Å². The summed E-state index contributed by atoms with van der Waals surface area (Å²) in [7, 11) is 0. The predicted molar refractivity (Wildman–Crippen MR) is 124 cm³/mol. The van der Waals surface area contributed by atoms with Crippen LogP contribution < -0.4 is 16.2 Å². The van der Waals surface area contributed by atoms with Crippen molar-refractivity contribution in [2.45, 2.75) is 32.4 Å². The summed E-state index contributed by atoms with van der Waals surface area (Å²) in [5.41, 5.74) is 3.19. The lowest BCUT2D eigenvalue weighted by Gasteiger charge is -2.42. The third-order valence-corrected chi connectivity index (χ3v) is 6.87. The summed E-state index contributed by atoms with van der Waals surface area (Å²) in [5.74, 6) is -0.0445. The number of aryl methyl sites for hydroxylation is 1. The SMILES string of the molecule is Cc1cccc(CNC(=O)c2nnsc2NC(=O)N2CC3CC(C2)c2cccc(=O)n2C3)c1. The molecule has 3 amide bonds. The molecule has 10 heteroatoms. The van der Waals surface area contributed by atoms with Gasteiger partial charge in [0.2, 0.25) is 0 Å². The number of nitrogens with one attached hydrogen (secondary N) is 2. The lowest BCUT2D eigenvalue weighted by molar-refractivity contribution is 0.0946. The molecule has 9 nitrogen and oxygen atoms in total. The Bertz CT molecular complexity index is 1270. The number of anilines is 1. The minimum atomic E-state index is -0.385. The normalized spacial score (nSPS) is 19.0. The predicted octanol–water partition coefficient (Wildman–Crippen LogP) is 2.59. The van der Waals surface area contributed by atoms with E-state index < -0.39 is 0 Å². The minimum Gasteiger partial charge on any atom is -0.346 e. The van der Waals surface area contributed by atoms with E-state index in [0.717, 1.165) is 34.8 Å². The van der Waals surface area contributed by atoms with Gasteiger partial charge in [-0.1, -0.05) is 40.4 Å². The van der Waals surface area contributed by atoms with Crippen molar-refractivity contribution >= 4 is 28.5 Å². The molecule has 2 N–H and O–H groups in total. The van der Waals surface area contributed by atoms with Gasteiger partial charge in [-0.25, -0.2) is 4.79 Å². The van der Waals surface area contributed by atoms with E-state index in [9.17, 15) is 14.4 Å². The molecular formula is C23H24N6O3S. The van der Waals surface area contributed by atoms with Gasteiger partial charge >= 0.3 is 6.03 Å². The standard InChI is InChI=1S/C23H24N6O3S/c1-14-4-2-5-15(8-14)10-24-21(31)20-22(33-27-26-20)25-23(32)28-11-16-9-17(13-28)18-6-3-7-19(30)29(18)12-16/h2-8,16-17H,9-13H2,1H3,(H,24,31)(H,25,32). The third-order valence-electron chi connectivity index (χ3n) is 6.23. The molecule has 33 heavy (non-hydrogen) atoms. The van der Waals surface area contributed by atoms with E-state index in [0.29, 0.717) is 31.2 Å². The number of urea groups is 1. The van der Waals surface area contributed by atoms with Crippen LogP contribution in [0.3, 0.4) is 0 Å². The molecule has 3 aromatic rings. The van der Waals surface area contributed by atoms with Crippen molar-refractivity contribution in [3.8, 4) is 0 Å². The molecule has 4 heterocycles. The summed E-state index contributed by atoms with van der Waals surface area (Å²) in [5, 5.41) is 9.92. The Morgan fingerprint density at radius 1 is 1.15 bits per heavy atom. The van der Waals surface area contributed by atoms with Gasteiger partial charge in [0.25, 0.3) is 11.5 Å². The van der Waals surface area contributed by atoms with Crippen LogP contribution >= 0.6 is 11.5 Å². The molecule has 2 aliphatic rings. The highest BCUT2D eigenvalue weighted by Crippen LogP contribution is 2.35. The lowest BCUT2D eigenvalue weighted by atomic mass is 9.83. The molecule has 2 atom stereocenters. The van der Waals surface area contributed by atoms with Crippen LogP contribution in [0.15, 0.2) is 47.3 Å². The van der Waals surface area contributed by atoms with Crippen molar-refractivity contribution in [3.63, 3.8) is 0 Å². The fourth-order valence-corrected chi connectivity index (χ4v) is 5.30. The molecule has 2 bridgehead atoms. The molecule has 0 spiro atoms. The van der Waals surface area contributed by atoms with Crippen molar-refractivity contribution in [2.24, 2.45) is 5.92 Å². The molecule has 1 saturated heterocycles. The van der Waals surface area contributed by atoms with Crippen LogP contribution in [0.1, 0.15) is 39.6 Å². The lowest BCUT2D eigenvalue weighted by Crippen LogP contribution is -2.50. The number of nitrogens with zero attached hydrogens (tertiary/aromatic N) is 4. The molecule has 0 saturated carbocycles. The van der Waals surface area contributed by atoms with E-state index in [1.165, 1.54) is 0 Å². The Hall–Kier alpha value is -3.53. The van der Waals surface area contributed by atoms with Gasteiger partial charge < -0.3 is 14.8 Å². The maximum Gasteiger partial charge on any atom is 0.322 e. The molecule has 2 aromatic heterocycles. The smallest absolute Gasteiger partial charge is 0.322 e. The number of fused-ring (bicyclic) bond motifs is 4. The van der Waals surface area contributed by atoms with Crippen LogP contribution in [0, 0.1) is 12.8 Å². The monoisotopic (exact) mass is 464 g/mol. The van der Waals surface area contributed by atoms with Gasteiger partial charge in [-0.15, -0.1) is 5.10 Å². The first kappa shape index (κ1) is 21.3. The zero-order chi connectivity index (χ0) is 22.9. The molecule has 0 radical (unpaired) electrons. The second-order valence-electron chi connectivity index (χ2n) is 8.66. The summed E-state index contributed by atoms with van der Waals surface area (Å²) < 4.78 is 5.70. The van der Waals surface area contributed by atoms with E-state index in [4.69, 9.17) is 0 Å². The number of aromatic nitrogens is 3. The van der Waals surface area contributed by atoms with E-state index in [1.54, 1.807) is 17.0 Å². The van der Waals surface area contributed by atoms with Crippen molar-refractivity contribution in [1.82, 2.24) is 24.4 Å². The first-order valence-corrected chi connectivity index (χ1v) is 11.7. The van der Waals surface area contributed by atoms with Crippen molar-refractivity contribution in [1.29, 1.82) is 0 Å². The third kappa shape index (κ3) is 4.38. The van der Waals surface area contributed by atoms with Gasteiger partial charge in [-0.05, 0) is 30.9 Å². The Balaban J connectivity index is 1.25. The van der Waals surface area contributed by atoms with Crippen LogP contribution in [0.2, 0.25) is 0 Å². The van der Waals surface area contributed by atoms with E-state index in [-0.39, 0.29) is 35.0 Å². The number of piperidine rings is 1. The number of carbonyl (C=O) groups excluding carboxylic acids is 2. The molecule has 2 unspecified atom stereocenters. The summed E-state index contributed by atoms with van der Waals surface area (Å²) in [6, 6.07) is 12.9. The maximum absolute atomic E-state index is 13.0. The summed E-state index contributed by atoms with van der Waals surface area (Å²) >= 11 is 0.980. The van der Waals surface area contributed by atoms with Gasteiger partial charge in [0, 0.05) is 55.4 Å². The van der Waals surface area contributed by atoms with Crippen molar-refractivity contribution in [3.05, 3.63) is 75.3 Å². The average Bonchev–Trinajstić information content (AvgIpc) is 3.26. The number of amides is 3. The first-order valence-electron chi connectivity index (χ1n) is 10.9. The second kappa shape index (κ2) is 8.78. The summed E-state index contributed by atoms with van der Waals surface area (Å²) in [6.07, 6.45) is 0.960. The van der Waals surface area contributed by atoms with E-state index in [2.05, 4.69) is 20.2 Å². The first-order chi connectivity index (χ1) is 16.0. The Kier molecular flexibility index (Phi) is 5.67. The minimum absolute atomic E-state index is 0.0113. The number of pyridine rings is 1. The van der Waals surface area contributed by atoms with Crippen LogP contribution in [0.4, 0.5) is 9.80 Å². The Labute approximate surface area is 194 Å². The molecule has 2 aliphatic heterocycles. The summed E-state index contributed by atoms with van der Waals surface area (Å²) in [6.45, 7) is 4.05. The van der Waals surface area contributed by atoms with E-state index >= 15 is 0 Å². The highest BCUT2D eigenvalue weighted by molar-refractivity contribution is 7.10. The van der Waals surface area contributed by atoms with Gasteiger partial charge in [0.1, 0.15) is 0 Å². The van der Waals surface area contributed by atoms with Crippen molar-refractivity contribution in [2.75, 3.05) is 18.4 Å². The van der Waals surface area contributed by atoms with Gasteiger partial charge in [-0.2, -0.15) is 0 Å². The topological polar surface area (TPSA) is 109 Å². The highest BCUT2D eigenvalue weighted by atomic mass is 32.1. The second-order valence-corrected chi connectivity index (χ2v) is 9.41. The number of benzene rings is 1. The zero-order valence-electron chi connectivity index (χ0n) is 18.2. The Morgan fingerprint density at radius 3 is 2.85 bits per heavy atom. The van der Waals surface area contributed by atoms with Gasteiger partial charge in [0.05, 0.1) is 0 Å². The number of rotatable bonds is 4. The molecule has 1 fully saturated rings. The molecule has 5 rings (SSSR count). The summed E-state index contributed by atoms with van der Waals surface area (Å²) in [4.78, 5) is 39.7. The molecule has 170 valence electrons. The van der Waals surface area contributed by atoms with Crippen LogP contribution in [0.25, 0.3) is 0 Å². The quantitative estimate of drug-likeness (QED) is 0.617. The molecule has 1 aromatic carbocycles. The fraction of sp³-hybridized carbons (Fsp3) is 0.348. The fourth-order valence-electron chi connectivity index (χ4n) is 4.75. The molecule has 0 aliphatic carbocycles. The highest BCUT2D eigenvalue weighted by Gasteiger charge is 2.36. The molecular weight excluding hydrogens is 440 g/mol.